The Balaban J connectivity index is 1.30. The van der Waals surface area contributed by atoms with E-state index in [2.05, 4.69) is 10.4 Å². The number of urea groups is 1. The highest BCUT2D eigenvalue weighted by molar-refractivity contribution is 5.84. The molecule has 1 atom stereocenters. The number of nitrogens with one attached hydrogen (secondary N) is 1. The second-order valence-corrected chi connectivity index (χ2v) is 7.59. The third kappa shape index (κ3) is 4.42. The molecule has 2 amide bonds. The summed E-state index contributed by atoms with van der Waals surface area (Å²) in [6.07, 6.45) is 6.40. The van der Waals surface area contributed by atoms with Crippen LogP contribution in [-0.4, -0.2) is 57.6 Å². The van der Waals surface area contributed by atoms with E-state index in [9.17, 15) is 9.18 Å². The van der Waals surface area contributed by atoms with Gasteiger partial charge in [-0.05, 0) is 42.7 Å². The predicted molar refractivity (Wildman–Crippen MR) is 108 cm³/mol. The van der Waals surface area contributed by atoms with E-state index in [-0.39, 0.29) is 18.0 Å². The molecule has 29 heavy (non-hydrogen) atoms. The van der Waals surface area contributed by atoms with Crippen molar-refractivity contribution in [2.45, 2.75) is 26.0 Å². The number of rotatable bonds is 5. The van der Waals surface area contributed by atoms with Gasteiger partial charge in [0.2, 0.25) is 0 Å². The number of morpholine rings is 1. The van der Waals surface area contributed by atoms with E-state index in [1.807, 2.05) is 41.8 Å². The van der Waals surface area contributed by atoms with Crippen molar-refractivity contribution in [3.63, 3.8) is 0 Å². The maximum Gasteiger partial charge on any atom is 0.317 e. The van der Waals surface area contributed by atoms with Gasteiger partial charge in [-0.1, -0.05) is 0 Å². The molecule has 7 nitrogen and oxygen atoms in total. The van der Waals surface area contributed by atoms with Crippen molar-refractivity contribution in [1.82, 2.24) is 24.6 Å². The van der Waals surface area contributed by atoms with Crippen LogP contribution >= 0.6 is 0 Å². The fraction of sp³-hybridized carbons (Fsp3) is 0.429. The number of ether oxygens (including phenoxy) is 1. The summed E-state index contributed by atoms with van der Waals surface area (Å²) < 4.78 is 23.0. The van der Waals surface area contributed by atoms with Gasteiger partial charge in [-0.3, -0.25) is 4.68 Å². The molecular formula is C21H26FN5O2. The minimum atomic E-state index is -0.245. The van der Waals surface area contributed by atoms with Crippen molar-refractivity contribution >= 4 is 16.9 Å². The molecule has 3 aromatic rings. The molecule has 1 fully saturated rings. The van der Waals surface area contributed by atoms with Gasteiger partial charge in [-0.25, -0.2) is 9.18 Å². The number of benzene rings is 1. The van der Waals surface area contributed by atoms with E-state index < -0.39 is 0 Å². The lowest BCUT2D eigenvalue weighted by molar-refractivity contribution is -0.0237. The van der Waals surface area contributed by atoms with Crippen molar-refractivity contribution in [3.05, 3.63) is 53.7 Å². The fourth-order valence-corrected chi connectivity index (χ4v) is 3.85. The van der Waals surface area contributed by atoms with E-state index in [0.29, 0.717) is 39.2 Å². The molecule has 0 bridgehead atoms. The molecule has 8 heteroatoms. The van der Waals surface area contributed by atoms with Crippen molar-refractivity contribution in [1.29, 1.82) is 0 Å². The van der Waals surface area contributed by atoms with Crippen LogP contribution in [0.25, 0.3) is 10.9 Å². The van der Waals surface area contributed by atoms with Gasteiger partial charge in [0.15, 0.2) is 0 Å². The van der Waals surface area contributed by atoms with Crippen LogP contribution in [-0.2, 0) is 24.8 Å². The second kappa shape index (κ2) is 8.24. The molecule has 154 valence electrons. The number of halogens is 1. The molecule has 3 heterocycles. The normalized spacial score (nSPS) is 17.1. The summed E-state index contributed by atoms with van der Waals surface area (Å²) in [6.45, 7) is 4.79. The number of nitrogens with zero attached hydrogens (tertiary/aromatic N) is 4. The second-order valence-electron chi connectivity index (χ2n) is 7.59. The summed E-state index contributed by atoms with van der Waals surface area (Å²) in [5.41, 5.74) is 3.06. The number of carbonyl (C=O) groups is 1. The number of aryl methyl sites for hydroxylation is 2. The maximum atomic E-state index is 13.5. The first-order valence-corrected chi connectivity index (χ1v) is 9.86. The molecule has 2 aromatic heterocycles. The Kier molecular flexibility index (Phi) is 5.53. The third-order valence-electron chi connectivity index (χ3n) is 5.28. The monoisotopic (exact) mass is 399 g/mol. The largest absolute Gasteiger partial charge is 0.373 e. The molecule has 0 spiro atoms. The highest BCUT2D eigenvalue weighted by Gasteiger charge is 2.24. The number of carbonyl (C=O) groups excluding carboxylic acids is 1. The van der Waals surface area contributed by atoms with Gasteiger partial charge >= 0.3 is 6.03 Å². The van der Waals surface area contributed by atoms with Crippen LogP contribution < -0.4 is 5.32 Å². The number of aromatic nitrogens is 3. The average molecular weight is 399 g/mol. The minimum Gasteiger partial charge on any atom is -0.373 e. The third-order valence-corrected chi connectivity index (χ3v) is 5.28. The van der Waals surface area contributed by atoms with Gasteiger partial charge in [-0.15, -0.1) is 0 Å². The van der Waals surface area contributed by atoms with Crippen molar-refractivity contribution < 1.29 is 13.9 Å². The topological polar surface area (TPSA) is 64.3 Å². The molecule has 0 radical (unpaired) electrons. The number of hydrogen-bond acceptors (Lipinski definition) is 3. The SMILES string of the molecule is Cc1cnn(CC2CN(C(=O)NCCc3cn(C)c4cc(F)ccc34)CCO2)c1. The highest BCUT2D eigenvalue weighted by atomic mass is 19.1. The summed E-state index contributed by atoms with van der Waals surface area (Å²) in [5.74, 6) is -0.245. The van der Waals surface area contributed by atoms with Crippen molar-refractivity contribution in [2.24, 2.45) is 7.05 Å². The molecule has 0 aliphatic carbocycles. The Morgan fingerprint density at radius 2 is 2.24 bits per heavy atom. The summed E-state index contributed by atoms with van der Waals surface area (Å²) in [5, 5.41) is 8.31. The first kappa shape index (κ1) is 19.4. The zero-order chi connectivity index (χ0) is 20.4. The Morgan fingerprint density at radius 1 is 1.38 bits per heavy atom. The zero-order valence-corrected chi connectivity index (χ0v) is 16.8. The first-order chi connectivity index (χ1) is 14.0. The van der Waals surface area contributed by atoms with Crippen LogP contribution in [0.4, 0.5) is 9.18 Å². The van der Waals surface area contributed by atoms with E-state index in [4.69, 9.17) is 4.74 Å². The lowest BCUT2D eigenvalue weighted by atomic mass is 10.1. The lowest BCUT2D eigenvalue weighted by Crippen LogP contribution is -2.50. The van der Waals surface area contributed by atoms with Gasteiger partial charge in [0.1, 0.15) is 5.82 Å². The summed E-state index contributed by atoms with van der Waals surface area (Å²) in [6, 6.07) is 4.72. The summed E-state index contributed by atoms with van der Waals surface area (Å²) >= 11 is 0. The lowest BCUT2D eigenvalue weighted by Gasteiger charge is -2.33. The van der Waals surface area contributed by atoms with Gasteiger partial charge in [-0.2, -0.15) is 5.10 Å². The van der Waals surface area contributed by atoms with Crippen molar-refractivity contribution in [2.75, 3.05) is 26.2 Å². The highest BCUT2D eigenvalue weighted by Crippen LogP contribution is 2.22. The van der Waals surface area contributed by atoms with E-state index in [1.54, 1.807) is 11.0 Å². The Labute approximate surface area is 169 Å². The minimum absolute atomic E-state index is 0.0678. The molecule has 4 rings (SSSR count). The standard InChI is InChI=1S/C21H26FN5O2/c1-15-10-24-27(11-15)14-18-13-26(7-8-29-18)21(28)23-6-5-16-12-25(2)20-9-17(22)3-4-19(16)20/h3-4,9-12,18H,5-8,13-14H2,1-2H3,(H,23,28). The quantitative estimate of drug-likeness (QED) is 0.717. The fourth-order valence-electron chi connectivity index (χ4n) is 3.85. The number of fused-ring (bicyclic) bond motifs is 1. The first-order valence-electron chi connectivity index (χ1n) is 9.86. The van der Waals surface area contributed by atoms with E-state index >= 15 is 0 Å². The Morgan fingerprint density at radius 3 is 3.03 bits per heavy atom. The smallest absolute Gasteiger partial charge is 0.317 e. The van der Waals surface area contributed by atoms with Crippen LogP contribution in [0.15, 0.2) is 36.8 Å². The van der Waals surface area contributed by atoms with E-state index in [0.717, 1.165) is 22.0 Å². The number of hydrogen-bond donors (Lipinski definition) is 1. The predicted octanol–water partition coefficient (Wildman–Crippen LogP) is 2.48. The van der Waals surface area contributed by atoms with Crippen LogP contribution in [0.5, 0.6) is 0 Å². The van der Waals surface area contributed by atoms with Gasteiger partial charge < -0.3 is 19.5 Å². The maximum absolute atomic E-state index is 13.5. The molecule has 1 N–H and O–H groups in total. The molecule has 0 saturated carbocycles. The number of amides is 2. The van der Waals surface area contributed by atoms with Gasteiger partial charge in [0, 0.05) is 37.9 Å². The summed E-state index contributed by atoms with van der Waals surface area (Å²) in [4.78, 5) is 14.4. The molecule has 1 aliphatic rings. The van der Waals surface area contributed by atoms with Crippen LogP contribution in [0, 0.1) is 12.7 Å². The van der Waals surface area contributed by atoms with Gasteiger partial charge in [0.25, 0.3) is 0 Å². The average Bonchev–Trinajstić information content (AvgIpc) is 3.24. The van der Waals surface area contributed by atoms with Crippen LogP contribution in [0.3, 0.4) is 0 Å². The molecule has 1 unspecified atom stereocenters. The Hall–Kier alpha value is -2.87. The van der Waals surface area contributed by atoms with Gasteiger partial charge in [0.05, 0.1) is 37.5 Å². The Bertz CT molecular complexity index is 1010. The molecule has 1 saturated heterocycles. The zero-order valence-electron chi connectivity index (χ0n) is 16.8. The molecule has 1 aromatic carbocycles. The summed E-state index contributed by atoms with van der Waals surface area (Å²) in [7, 11) is 1.90. The van der Waals surface area contributed by atoms with Crippen molar-refractivity contribution in [3.8, 4) is 0 Å². The molecule has 1 aliphatic heterocycles. The van der Waals surface area contributed by atoms with Crippen LogP contribution in [0.2, 0.25) is 0 Å². The van der Waals surface area contributed by atoms with Crippen LogP contribution in [0.1, 0.15) is 11.1 Å². The molecular weight excluding hydrogens is 373 g/mol. The van der Waals surface area contributed by atoms with E-state index in [1.165, 1.54) is 12.1 Å².